The molecule has 1 N–H and O–H groups in total. The lowest BCUT2D eigenvalue weighted by Crippen LogP contribution is -2.07. The van der Waals surface area contributed by atoms with Crippen LogP contribution in [0.5, 0.6) is 5.75 Å². The molecule has 1 unspecified atom stereocenters. The molecule has 4 heteroatoms. The molecule has 0 aliphatic carbocycles. The second-order valence-electron chi connectivity index (χ2n) is 4.00. The molecule has 0 fully saturated rings. The quantitative estimate of drug-likeness (QED) is 0.907. The van der Waals surface area contributed by atoms with E-state index >= 15 is 0 Å². The Morgan fingerprint density at radius 1 is 1.28 bits per heavy atom. The summed E-state index contributed by atoms with van der Waals surface area (Å²) in [6.07, 6.45) is 1.69. The Morgan fingerprint density at radius 3 is 2.72 bits per heavy atom. The van der Waals surface area contributed by atoms with Gasteiger partial charge in [-0.15, -0.1) is 0 Å². The number of halogens is 1. The summed E-state index contributed by atoms with van der Waals surface area (Å²) in [5.74, 6) is 1.55. The standard InChI is InChI=1S/C14H15ClN2O/c1-10(11-4-3-5-12(15)8-11)17-14-7-6-13(18-2)9-16-14/h3-10H,1-2H3,(H,16,17). The molecule has 0 saturated carbocycles. The highest BCUT2D eigenvalue weighted by Gasteiger charge is 2.06. The van der Waals surface area contributed by atoms with E-state index in [-0.39, 0.29) is 6.04 Å². The van der Waals surface area contributed by atoms with E-state index in [1.165, 1.54) is 0 Å². The Kier molecular flexibility index (Phi) is 4.05. The monoisotopic (exact) mass is 262 g/mol. The van der Waals surface area contributed by atoms with Crippen molar-refractivity contribution >= 4 is 17.4 Å². The molecule has 1 heterocycles. The number of methoxy groups -OCH3 is 1. The summed E-state index contributed by atoms with van der Waals surface area (Å²) in [5.41, 5.74) is 1.13. The molecular weight excluding hydrogens is 248 g/mol. The minimum Gasteiger partial charge on any atom is -0.495 e. The van der Waals surface area contributed by atoms with E-state index in [9.17, 15) is 0 Å². The fraction of sp³-hybridized carbons (Fsp3) is 0.214. The number of aromatic nitrogens is 1. The van der Waals surface area contributed by atoms with Gasteiger partial charge >= 0.3 is 0 Å². The van der Waals surface area contributed by atoms with Crippen LogP contribution in [0.4, 0.5) is 5.82 Å². The van der Waals surface area contributed by atoms with Gasteiger partial charge in [-0.3, -0.25) is 0 Å². The molecule has 1 aromatic heterocycles. The van der Waals surface area contributed by atoms with Crippen LogP contribution < -0.4 is 10.1 Å². The van der Waals surface area contributed by atoms with Gasteiger partial charge in [-0.1, -0.05) is 23.7 Å². The number of anilines is 1. The molecule has 0 amide bonds. The summed E-state index contributed by atoms with van der Waals surface area (Å²) in [4.78, 5) is 4.27. The number of nitrogens with zero attached hydrogens (tertiary/aromatic N) is 1. The van der Waals surface area contributed by atoms with Crippen molar-refractivity contribution in [2.75, 3.05) is 12.4 Å². The second-order valence-corrected chi connectivity index (χ2v) is 4.44. The summed E-state index contributed by atoms with van der Waals surface area (Å²) >= 11 is 5.97. The topological polar surface area (TPSA) is 34.1 Å². The van der Waals surface area contributed by atoms with Crippen molar-refractivity contribution in [3.8, 4) is 5.75 Å². The number of nitrogens with one attached hydrogen (secondary N) is 1. The summed E-state index contributed by atoms with van der Waals surface area (Å²) < 4.78 is 5.07. The summed E-state index contributed by atoms with van der Waals surface area (Å²) in [5, 5.41) is 4.05. The Labute approximate surface area is 112 Å². The van der Waals surface area contributed by atoms with Gasteiger partial charge < -0.3 is 10.1 Å². The van der Waals surface area contributed by atoms with Gasteiger partial charge in [0, 0.05) is 11.1 Å². The Hall–Kier alpha value is -1.74. The van der Waals surface area contributed by atoms with E-state index in [0.717, 1.165) is 22.2 Å². The van der Waals surface area contributed by atoms with Crippen molar-refractivity contribution in [1.82, 2.24) is 4.98 Å². The normalized spacial score (nSPS) is 11.9. The molecule has 2 rings (SSSR count). The van der Waals surface area contributed by atoms with Crippen LogP contribution in [0.1, 0.15) is 18.5 Å². The molecular formula is C14H15ClN2O. The van der Waals surface area contributed by atoms with Crippen LogP contribution in [0, 0.1) is 0 Å². The third kappa shape index (κ3) is 3.14. The average Bonchev–Trinajstić information content (AvgIpc) is 2.39. The molecule has 1 atom stereocenters. The maximum absolute atomic E-state index is 5.97. The maximum Gasteiger partial charge on any atom is 0.137 e. The highest BCUT2D eigenvalue weighted by molar-refractivity contribution is 6.30. The van der Waals surface area contributed by atoms with Gasteiger partial charge in [0.1, 0.15) is 11.6 Å². The number of pyridine rings is 1. The largest absolute Gasteiger partial charge is 0.495 e. The second kappa shape index (κ2) is 5.74. The zero-order chi connectivity index (χ0) is 13.0. The zero-order valence-electron chi connectivity index (χ0n) is 10.4. The molecule has 0 aliphatic heterocycles. The van der Waals surface area contributed by atoms with Crippen molar-refractivity contribution in [1.29, 1.82) is 0 Å². The van der Waals surface area contributed by atoms with E-state index in [1.807, 2.05) is 36.4 Å². The lowest BCUT2D eigenvalue weighted by Gasteiger charge is -2.15. The predicted octanol–water partition coefficient (Wildman–Crippen LogP) is 3.92. The van der Waals surface area contributed by atoms with Crippen molar-refractivity contribution in [3.63, 3.8) is 0 Å². The first kappa shape index (κ1) is 12.7. The van der Waals surface area contributed by atoms with Gasteiger partial charge in [0.25, 0.3) is 0 Å². The van der Waals surface area contributed by atoms with Crippen LogP contribution in [-0.4, -0.2) is 12.1 Å². The van der Waals surface area contributed by atoms with E-state index in [0.29, 0.717) is 0 Å². The molecule has 2 aromatic rings. The molecule has 0 saturated heterocycles. The van der Waals surface area contributed by atoms with Gasteiger partial charge in [0.2, 0.25) is 0 Å². The lowest BCUT2D eigenvalue weighted by molar-refractivity contribution is 0.413. The first-order valence-corrected chi connectivity index (χ1v) is 6.09. The van der Waals surface area contributed by atoms with Crippen LogP contribution in [-0.2, 0) is 0 Å². The fourth-order valence-electron chi connectivity index (χ4n) is 1.67. The van der Waals surface area contributed by atoms with Gasteiger partial charge in [-0.05, 0) is 36.8 Å². The Balaban J connectivity index is 2.08. The van der Waals surface area contributed by atoms with Crippen LogP contribution in [0.2, 0.25) is 5.02 Å². The fourth-order valence-corrected chi connectivity index (χ4v) is 1.87. The Morgan fingerprint density at radius 2 is 2.11 bits per heavy atom. The molecule has 0 radical (unpaired) electrons. The maximum atomic E-state index is 5.97. The highest BCUT2D eigenvalue weighted by Crippen LogP contribution is 2.21. The van der Waals surface area contributed by atoms with E-state index in [2.05, 4.69) is 17.2 Å². The molecule has 0 bridgehead atoms. The number of hydrogen-bond acceptors (Lipinski definition) is 3. The molecule has 94 valence electrons. The number of rotatable bonds is 4. The third-order valence-electron chi connectivity index (χ3n) is 2.69. The molecule has 0 spiro atoms. The van der Waals surface area contributed by atoms with Crippen molar-refractivity contribution in [3.05, 3.63) is 53.2 Å². The van der Waals surface area contributed by atoms with Crippen LogP contribution in [0.3, 0.4) is 0 Å². The smallest absolute Gasteiger partial charge is 0.137 e. The minimum atomic E-state index is 0.143. The summed E-state index contributed by atoms with van der Waals surface area (Å²) in [6.45, 7) is 2.07. The van der Waals surface area contributed by atoms with Gasteiger partial charge in [-0.2, -0.15) is 0 Å². The molecule has 1 aromatic carbocycles. The molecule has 0 aliphatic rings. The zero-order valence-corrected chi connectivity index (χ0v) is 11.1. The third-order valence-corrected chi connectivity index (χ3v) is 2.92. The Bertz CT molecular complexity index is 513. The van der Waals surface area contributed by atoms with Crippen LogP contribution in [0.25, 0.3) is 0 Å². The number of hydrogen-bond donors (Lipinski definition) is 1. The van der Waals surface area contributed by atoms with Crippen molar-refractivity contribution in [2.45, 2.75) is 13.0 Å². The van der Waals surface area contributed by atoms with Crippen LogP contribution in [0.15, 0.2) is 42.6 Å². The number of benzene rings is 1. The number of ether oxygens (including phenoxy) is 1. The van der Waals surface area contributed by atoms with Crippen LogP contribution >= 0.6 is 11.6 Å². The predicted molar refractivity (Wildman–Crippen MR) is 74.3 cm³/mol. The first-order valence-electron chi connectivity index (χ1n) is 5.71. The highest BCUT2D eigenvalue weighted by atomic mass is 35.5. The van der Waals surface area contributed by atoms with E-state index in [1.54, 1.807) is 13.3 Å². The SMILES string of the molecule is COc1ccc(NC(C)c2cccc(Cl)c2)nc1. The lowest BCUT2D eigenvalue weighted by atomic mass is 10.1. The summed E-state index contributed by atoms with van der Waals surface area (Å²) in [7, 11) is 1.62. The summed E-state index contributed by atoms with van der Waals surface area (Å²) in [6, 6.07) is 11.7. The van der Waals surface area contributed by atoms with Crippen molar-refractivity contribution < 1.29 is 4.74 Å². The average molecular weight is 263 g/mol. The van der Waals surface area contributed by atoms with Crippen molar-refractivity contribution in [2.24, 2.45) is 0 Å². The minimum absolute atomic E-state index is 0.143. The van der Waals surface area contributed by atoms with Gasteiger partial charge in [-0.25, -0.2) is 4.98 Å². The molecule has 18 heavy (non-hydrogen) atoms. The van der Waals surface area contributed by atoms with E-state index < -0.39 is 0 Å². The van der Waals surface area contributed by atoms with E-state index in [4.69, 9.17) is 16.3 Å². The molecule has 3 nitrogen and oxygen atoms in total. The van der Waals surface area contributed by atoms with Gasteiger partial charge in [0.15, 0.2) is 0 Å². The van der Waals surface area contributed by atoms with Gasteiger partial charge in [0.05, 0.1) is 13.3 Å². The first-order chi connectivity index (χ1) is 8.69.